The van der Waals surface area contributed by atoms with E-state index in [1.54, 1.807) is 6.33 Å². The first-order valence-electron chi connectivity index (χ1n) is 9.44. The minimum Gasteiger partial charge on any atom is -0.368 e. The normalized spacial score (nSPS) is 14.3. The molecule has 1 aromatic heterocycles. The molecule has 138 valence electrons. The smallest absolute Gasteiger partial charge is 0.134 e. The Hall–Kier alpha value is -3.08. The molecule has 27 heavy (non-hydrogen) atoms. The minimum atomic E-state index is 0.762. The lowest BCUT2D eigenvalue weighted by Gasteiger charge is -2.36. The van der Waals surface area contributed by atoms with Gasteiger partial charge in [-0.15, -0.1) is 0 Å². The van der Waals surface area contributed by atoms with Crippen LogP contribution in [0.2, 0.25) is 0 Å². The number of piperazine rings is 1. The van der Waals surface area contributed by atoms with E-state index in [-0.39, 0.29) is 0 Å². The molecule has 1 N–H and O–H groups in total. The lowest BCUT2D eigenvalue weighted by atomic mass is 10.2. The van der Waals surface area contributed by atoms with Gasteiger partial charge in [-0.25, -0.2) is 9.97 Å². The molecule has 5 heteroatoms. The molecule has 1 aliphatic heterocycles. The predicted molar refractivity (Wildman–Crippen MR) is 111 cm³/mol. The molecule has 2 aromatic carbocycles. The second kappa shape index (κ2) is 8.08. The number of hydrogen-bond donors (Lipinski definition) is 1. The van der Waals surface area contributed by atoms with Crippen LogP contribution in [-0.4, -0.2) is 36.1 Å². The molecule has 0 unspecified atom stereocenters. The van der Waals surface area contributed by atoms with Crippen molar-refractivity contribution in [1.82, 2.24) is 9.97 Å². The summed E-state index contributed by atoms with van der Waals surface area (Å²) >= 11 is 0. The van der Waals surface area contributed by atoms with Gasteiger partial charge in [0.1, 0.15) is 18.0 Å². The Morgan fingerprint density at radius 2 is 1.63 bits per heavy atom. The Morgan fingerprint density at radius 1 is 0.852 bits per heavy atom. The number of hydrogen-bond acceptors (Lipinski definition) is 5. The van der Waals surface area contributed by atoms with E-state index in [2.05, 4.69) is 80.5 Å². The molecule has 0 saturated carbocycles. The van der Waals surface area contributed by atoms with Crippen LogP contribution in [0.15, 0.2) is 67.0 Å². The molecule has 0 radical (unpaired) electrons. The highest BCUT2D eigenvalue weighted by Gasteiger charge is 2.18. The number of rotatable bonds is 5. The third kappa shape index (κ3) is 4.37. The Morgan fingerprint density at radius 3 is 2.41 bits per heavy atom. The van der Waals surface area contributed by atoms with E-state index >= 15 is 0 Å². The van der Waals surface area contributed by atoms with Gasteiger partial charge in [-0.1, -0.05) is 42.5 Å². The Bertz CT molecular complexity index is 873. The molecule has 0 amide bonds. The van der Waals surface area contributed by atoms with Gasteiger partial charge in [-0.2, -0.15) is 0 Å². The van der Waals surface area contributed by atoms with Crippen LogP contribution in [0.25, 0.3) is 0 Å². The maximum absolute atomic E-state index is 4.49. The van der Waals surface area contributed by atoms with Crippen LogP contribution in [0.4, 0.5) is 17.3 Å². The highest BCUT2D eigenvalue weighted by atomic mass is 15.3. The molecule has 1 fully saturated rings. The Kier molecular flexibility index (Phi) is 5.19. The van der Waals surface area contributed by atoms with Crippen LogP contribution in [0, 0.1) is 6.92 Å². The van der Waals surface area contributed by atoms with Crippen molar-refractivity contribution in [2.45, 2.75) is 13.5 Å². The summed E-state index contributed by atoms with van der Waals surface area (Å²) in [6, 6.07) is 21.1. The van der Waals surface area contributed by atoms with Crippen LogP contribution >= 0.6 is 0 Å². The maximum atomic E-state index is 4.49. The van der Waals surface area contributed by atoms with E-state index in [4.69, 9.17) is 0 Å². The Balaban J connectivity index is 1.37. The van der Waals surface area contributed by atoms with Crippen molar-refractivity contribution in [3.8, 4) is 0 Å². The largest absolute Gasteiger partial charge is 0.368 e. The first-order valence-corrected chi connectivity index (χ1v) is 9.44. The van der Waals surface area contributed by atoms with E-state index in [1.165, 1.54) is 16.8 Å². The van der Waals surface area contributed by atoms with Crippen LogP contribution in [-0.2, 0) is 6.54 Å². The molecule has 3 aromatic rings. The van der Waals surface area contributed by atoms with E-state index < -0.39 is 0 Å². The SMILES string of the molecule is Cc1cccc(N2CCN(c3cc(NCc4ccccc4)ncn3)CC2)c1. The highest BCUT2D eigenvalue weighted by molar-refractivity contribution is 5.53. The van der Waals surface area contributed by atoms with Gasteiger partial charge in [0.2, 0.25) is 0 Å². The molecule has 2 heterocycles. The maximum Gasteiger partial charge on any atom is 0.134 e. The van der Waals surface area contributed by atoms with Gasteiger partial charge >= 0.3 is 0 Å². The lowest BCUT2D eigenvalue weighted by molar-refractivity contribution is 0.646. The summed E-state index contributed by atoms with van der Waals surface area (Å²) < 4.78 is 0. The lowest BCUT2D eigenvalue weighted by Crippen LogP contribution is -2.46. The van der Waals surface area contributed by atoms with Crippen molar-refractivity contribution in [3.05, 3.63) is 78.1 Å². The van der Waals surface area contributed by atoms with E-state index in [9.17, 15) is 0 Å². The molecular formula is C22H25N5. The van der Waals surface area contributed by atoms with Gasteiger partial charge in [0.05, 0.1) is 0 Å². The van der Waals surface area contributed by atoms with Crippen LogP contribution in [0.3, 0.4) is 0 Å². The first kappa shape index (κ1) is 17.3. The van der Waals surface area contributed by atoms with Gasteiger partial charge in [0.25, 0.3) is 0 Å². The summed E-state index contributed by atoms with van der Waals surface area (Å²) in [5.74, 6) is 1.86. The van der Waals surface area contributed by atoms with Gasteiger partial charge in [0, 0.05) is 44.5 Å². The number of nitrogens with zero attached hydrogens (tertiary/aromatic N) is 4. The number of benzene rings is 2. The standard InChI is InChI=1S/C22H25N5/c1-18-6-5-9-20(14-18)26-10-12-27(13-11-26)22-15-21(24-17-25-22)23-16-19-7-3-2-4-8-19/h2-9,14-15,17H,10-13,16H2,1H3,(H,23,24,25). The van der Waals surface area contributed by atoms with Gasteiger partial charge in [0.15, 0.2) is 0 Å². The van der Waals surface area contributed by atoms with Crippen molar-refractivity contribution >= 4 is 17.3 Å². The molecule has 0 bridgehead atoms. The zero-order valence-electron chi connectivity index (χ0n) is 15.7. The fraction of sp³-hybridized carbons (Fsp3) is 0.273. The van der Waals surface area contributed by atoms with Gasteiger partial charge in [-0.05, 0) is 30.2 Å². The molecule has 0 aliphatic carbocycles. The van der Waals surface area contributed by atoms with Crippen molar-refractivity contribution in [2.75, 3.05) is 41.3 Å². The van der Waals surface area contributed by atoms with E-state index in [1.807, 2.05) is 12.1 Å². The minimum absolute atomic E-state index is 0.762. The number of aryl methyl sites for hydroxylation is 1. The first-order chi connectivity index (χ1) is 13.3. The van der Waals surface area contributed by atoms with Gasteiger partial charge in [-0.3, -0.25) is 0 Å². The fourth-order valence-corrected chi connectivity index (χ4v) is 3.42. The van der Waals surface area contributed by atoms with Crippen LogP contribution < -0.4 is 15.1 Å². The van der Waals surface area contributed by atoms with Gasteiger partial charge < -0.3 is 15.1 Å². The fourth-order valence-electron chi connectivity index (χ4n) is 3.42. The van der Waals surface area contributed by atoms with Crippen molar-refractivity contribution < 1.29 is 0 Å². The number of anilines is 3. The third-order valence-corrected chi connectivity index (χ3v) is 4.94. The summed E-state index contributed by atoms with van der Waals surface area (Å²) in [4.78, 5) is 13.6. The molecule has 0 atom stereocenters. The average molecular weight is 359 g/mol. The quantitative estimate of drug-likeness (QED) is 0.752. The zero-order chi connectivity index (χ0) is 18.5. The third-order valence-electron chi connectivity index (χ3n) is 4.94. The monoisotopic (exact) mass is 359 g/mol. The highest BCUT2D eigenvalue weighted by Crippen LogP contribution is 2.21. The summed E-state index contributed by atoms with van der Waals surface area (Å²) in [7, 11) is 0. The summed E-state index contributed by atoms with van der Waals surface area (Å²) in [6.45, 7) is 6.83. The molecule has 1 aliphatic rings. The summed E-state index contributed by atoms with van der Waals surface area (Å²) in [5.41, 5.74) is 3.85. The van der Waals surface area contributed by atoms with E-state index in [0.29, 0.717) is 0 Å². The van der Waals surface area contributed by atoms with Crippen molar-refractivity contribution in [1.29, 1.82) is 0 Å². The average Bonchev–Trinajstić information content (AvgIpc) is 2.73. The van der Waals surface area contributed by atoms with Crippen LogP contribution in [0.1, 0.15) is 11.1 Å². The number of nitrogens with one attached hydrogen (secondary N) is 1. The van der Waals surface area contributed by atoms with Crippen LogP contribution in [0.5, 0.6) is 0 Å². The second-order valence-electron chi connectivity index (χ2n) is 6.91. The molecule has 4 rings (SSSR count). The topological polar surface area (TPSA) is 44.3 Å². The van der Waals surface area contributed by atoms with Crippen molar-refractivity contribution in [3.63, 3.8) is 0 Å². The summed E-state index contributed by atoms with van der Waals surface area (Å²) in [6.07, 6.45) is 1.65. The van der Waals surface area contributed by atoms with E-state index in [0.717, 1.165) is 44.4 Å². The van der Waals surface area contributed by atoms with Crippen molar-refractivity contribution in [2.24, 2.45) is 0 Å². The Labute approximate surface area is 160 Å². The number of aromatic nitrogens is 2. The molecular weight excluding hydrogens is 334 g/mol. The zero-order valence-corrected chi connectivity index (χ0v) is 15.7. The molecule has 5 nitrogen and oxygen atoms in total. The second-order valence-corrected chi connectivity index (χ2v) is 6.91. The molecule has 0 spiro atoms. The predicted octanol–water partition coefficient (Wildman–Crippen LogP) is 3.72. The summed E-state index contributed by atoms with van der Waals surface area (Å²) in [5, 5.41) is 3.39. The molecule has 1 saturated heterocycles.